The van der Waals surface area contributed by atoms with Gasteiger partial charge in [0.25, 0.3) is 0 Å². The second-order valence-corrected chi connectivity index (χ2v) is 4.25. The van der Waals surface area contributed by atoms with Crippen LogP contribution in [-0.2, 0) is 0 Å². The normalized spacial score (nSPS) is 15.7. The fraction of sp³-hybridized carbons (Fsp3) is 0.538. The van der Waals surface area contributed by atoms with Gasteiger partial charge in [-0.3, -0.25) is 0 Å². The number of aryl methyl sites for hydroxylation is 1. The first-order valence-electron chi connectivity index (χ1n) is 5.98. The molecule has 0 aromatic heterocycles. The van der Waals surface area contributed by atoms with Crippen molar-refractivity contribution in [2.24, 2.45) is 0 Å². The first-order chi connectivity index (χ1) is 8.26. The summed E-state index contributed by atoms with van der Waals surface area (Å²) in [5.74, 6) is 1.71. The smallest absolute Gasteiger partial charge is 0.161 e. The lowest BCUT2D eigenvalue weighted by Gasteiger charge is -2.24. The summed E-state index contributed by atoms with van der Waals surface area (Å²) in [7, 11) is 3.93. The van der Waals surface area contributed by atoms with E-state index in [1.807, 2.05) is 14.1 Å². The Labute approximate surface area is 102 Å². The molecule has 1 aliphatic heterocycles. The number of fused-ring (bicyclic) bond motifs is 1. The highest BCUT2D eigenvalue weighted by molar-refractivity contribution is 5.48. The molecule has 1 aromatic rings. The minimum absolute atomic E-state index is 0.288. The molecule has 0 saturated heterocycles. The summed E-state index contributed by atoms with van der Waals surface area (Å²) in [6.45, 7) is 4.26. The van der Waals surface area contributed by atoms with Gasteiger partial charge in [0.1, 0.15) is 13.2 Å². The molecule has 2 rings (SSSR count). The Hall–Kier alpha value is -1.26. The van der Waals surface area contributed by atoms with E-state index >= 15 is 0 Å². The van der Waals surface area contributed by atoms with Gasteiger partial charge in [-0.1, -0.05) is 0 Å². The number of benzene rings is 1. The molecule has 0 amide bonds. The summed E-state index contributed by atoms with van der Waals surface area (Å²) < 4.78 is 11.2. The van der Waals surface area contributed by atoms with E-state index in [0.717, 1.165) is 18.0 Å². The summed E-state index contributed by atoms with van der Waals surface area (Å²) in [5, 5.41) is 6.50. The van der Waals surface area contributed by atoms with Crippen molar-refractivity contribution in [3.63, 3.8) is 0 Å². The lowest BCUT2D eigenvalue weighted by atomic mass is 10.00. The van der Waals surface area contributed by atoms with Gasteiger partial charge in [-0.15, -0.1) is 0 Å². The third-order valence-corrected chi connectivity index (χ3v) is 3.06. The lowest BCUT2D eigenvalue weighted by molar-refractivity contribution is 0.171. The van der Waals surface area contributed by atoms with E-state index in [1.54, 1.807) is 0 Å². The number of hydrogen-bond donors (Lipinski definition) is 2. The molecule has 0 bridgehead atoms. The Kier molecular flexibility index (Phi) is 3.86. The van der Waals surface area contributed by atoms with E-state index in [9.17, 15) is 0 Å². The minimum atomic E-state index is 0.288. The van der Waals surface area contributed by atoms with Crippen LogP contribution in [0.2, 0.25) is 0 Å². The van der Waals surface area contributed by atoms with Gasteiger partial charge in [0.15, 0.2) is 11.5 Å². The average Bonchev–Trinajstić information content (AvgIpc) is 2.35. The van der Waals surface area contributed by atoms with Crippen LogP contribution in [0, 0.1) is 6.92 Å². The molecule has 1 heterocycles. The van der Waals surface area contributed by atoms with Crippen LogP contribution in [0.3, 0.4) is 0 Å². The molecule has 0 radical (unpaired) electrons. The van der Waals surface area contributed by atoms with Crippen molar-refractivity contribution >= 4 is 0 Å². The van der Waals surface area contributed by atoms with Gasteiger partial charge >= 0.3 is 0 Å². The van der Waals surface area contributed by atoms with Gasteiger partial charge in [-0.2, -0.15) is 0 Å². The van der Waals surface area contributed by atoms with Crippen molar-refractivity contribution in [3.8, 4) is 11.5 Å². The van der Waals surface area contributed by atoms with Gasteiger partial charge in [0.05, 0.1) is 0 Å². The van der Waals surface area contributed by atoms with E-state index in [0.29, 0.717) is 13.2 Å². The summed E-state index contributed by atoms with van der Waals surface area (Å²) >= 11 is 0. The molecule has 4 heteroatoms. The molecule has 0 aliphatic carbocycles. The molecule has 1 unspecified atom stereocenters. The van der Waals surface area contributed by atoms with Crippen molar-refractivity contribution in [2.75, 3.05) is 33.9 Å². The highest BCUT2D eigenvalue weighted by Crippen LogP contribution is 2.34. The zero-order valence-electron chi connectivity index (χ0n) is 10.7. The molecule has 0 fully saturated rings. The molecule has 1 aromatic carbocycles. The third-order valence-electron chi connectivity index (χ3n) is 3.06. The van der Waals surface area contributed by atoms with E-state index in [2.05, 4.69) is 29.7 Å². The maximum Gasteiger partial charge on any atom is 0.161 e. The molecule has 1 aliphatic rings. The van der Waals surface area contributed by atoms with E-state index < -0.39 is 0 Å². The van der Waals surface area contributed by atoms with Crippen LogP contribution >= 0.6 is 0 Å². The van der Waals surface area contributed by atoms with Crippen LogP contribution in [0.5, 0.6) is 11.5 Å². The quantitative estimate of drug-likeness (QED) is 0.825. The van der Waals surface area contributed by atoms with Crippen LogP contribution in [0.4, 0.5) is 0 Å². The lowest BCUT2D eigenvalue weighted by Crippen LogP contribution is -2.28. The predicted octanol–water partition coefficient (Wildman–Crippen LogP) is 1.25. The third kappa shape index (κ3) is 2.53. The standard InChI is InChI=1S/C13H20N2O2/c1-9-6-12-13(17-5-4-16-12)7-10(9)11(15-3)8-14-2/h6-7,11,14-15H,4-5,8H2,1-3H3. The van der Waals surface area contributed by atoms with Crippen molar-refractivity contribution < 1.29 is 9.47 Å². The first-order valence-corrected chi connectivity index (χ1v) is 5.98. The highest BCUT2D eigenvalue weighted by Gasteiger charge is 2.18. The monoisotopic (exact) mass is 236 g/mol. The second kappa shape index (κ2) is 5.38. The van der Waals surface area contributed by atoms with Crippen LogP contribution in [0.15, 0.2) is 12.1 Å². The van der Waals surface area contributed by atoms with Crippen molar-refractivity contribution in [3.05, 3.63) is 23.3 Å². The van der Waals surface area contributed by atoms with Gasteiger partial charge in [0, 0.05) is 12.6 Å². The predicted molar refractivity (Wildman–Crippen MR) is 67.9 cm³/mol. The maximum atomic E-state index is 5.62. The number of rotatable bonds is 4. The zero-order valence-corrected chi connectivity index (χ0v) is 10.7. The number of hydrogen-bond acceptors (Lipinski definition) is 4. The van der Waals surface area contributed by atoms with Crippen LogP contribution in [0.25, 0.3) is 0 Å². The topological polar surface area (TPSA) is 42.5 Å². The average molecular weight is 236 g/mol. The van der Waals surface area contributed by atoms with E-state index in [-0.39, 0.29) is 6.04 Å². The molecule has 0 saturated carbocycles. The minimum Gasteiger partial charge on any atom is -0.486 e. The fourth-order valence-corrected chi connectivity index (χ4v) is 2.15. The largest absolute Gasteiger partial charge is 0.486 e. The molecule has 2 N–H and O–H groups in total. The van der Waals surface area contributed by atoms with Gasteiger partial charge in [-0.25, -0.2) is 0 Å². The summed E-state index contributed by atoms with van der Waals surface area (Å²) in [6, 6.07) is 4.43. The molecule has 94 valence electrons. The molecular formula is C13H20N2O2. The molecule has 17 heavy (non-hydrogen) atoms. The first kappa shape index (κ1) is 12.2. The number of ether oxygens (including phenoxy) is 2. The van der Waals surface area contributed by atoms with E-state index in [4.69, 9.17) is 9.47 Å². The Morgan fingerprint density at radius 3 is 2.41 bits per heavy atom. The molecule has 4 nitrogen and oxygen atoms in total. The van der Waals surface area contributed by atoms with Gasteiger partial charge in [0.2, 0.25) is 0 Å². The van der Waals surface area contributed by atoms with Crippen LogP contribution < -0.4 is 20.1 Å². The highest BCUT2D eigenvalue weighted by atomic mass is 16.6. The fourth-order valence-electron chi connectivity index (χ4n) is 2.15. The van der Waals surface area contributed by atoms with Crippen molar-refractivity contribution in [1.82, 2.24) is 10.6 Å². The Bertz CT molecular complexity index is 393. The maximum absolute atomic E-state index is 5.62. The van der Waals surface area contributed by atoms with E-state index in [1.165, 1.54) is 11.1 Å². The Balaban J connectivity index is 2.33. The molecule has 0 spiro atoms. The molecular weight excluding hydrogens is 216 g/mol. The van der Waals surface area contributed by atoms with Crippen LogP contribution in [0.1, 0.15) is 17.2 Å². The Morgan fingerprint density at radius 1 is 1.18 bits per heavy atom. The summed E-state index contributed by atoms with van der Waals surface area (Å²) in [6.07, 6.45) is 0. The van der Waals surface area contributed by atoms with Crippen molar-refractivity contribution in [2.45, 2.75) is 13.0 Å². The SMILES string of the molecule is CNCC(NC)c1cc2c(cc1C)OCCO2. The van der Waals surface area contributed by atoms with Gasteiger partial charge in [-0.05, 0) is 44.3 Å². The van der Waals surface area contributed by atoms with Crippen LogP contribution in [-0.4, -0.2) is 33.9 Å². The summed E-state index contributed by atoms with van der Waals surface area (Å²) in [5.41, 5.74) is 2.48. The summed E-state index contributed by atoms with van der Waals surface area (Å²) in [4.78, 5) is 0. The zero-order chi connectivity index (χ0) is 12.3. The molecule has 1 atom stereocenters. The number of likely N-dealkylation sites (N-methyl/N-ethyl adjacent to an activating group) is 2. The van der Waals surface area contributed by atoms with Crippen molar-refractivity contribution in [1.29, 1.82) is 0 Å². The second-order valence-electron chi connectivity index (χ2n) is 4.25. The number of nitrogens with one attached hydrogen (secondary N) is 2. The van der Waals surface area contributed by atoms with Gasteiger partial charge < -0.3 is 20.1 Å². The Morgan fingerprint density at radius 2 is 1.82 bits per heavy atom.